The van der Waals surface area contributed by atoms with Gasteiger partial charge in [0, 0.05) is 37.7 Å². The molecule has 96 valence electrons. The molecule has 0 bridgehead atoms. The summed E-state index contributed by atoms with van der Waals surface area (Å²) >= 11 is 0. The van der Waals surface area contributed by atoms with E-state index in [4.69, 9.17) is 10.5 Å². The first-order valence-corrected chi connectivity index (χ1v) is 7.07. The lowest BCUT2D eigenvalue weighted by Gasteiger charge is -2.22. The average Bonchev–Trinajstić information content (AvgIpc) is 2.79. The van der Waals surface area contributed by atoms with Crippen LogP contribution in [0.3, 0.4) is 0 Å². The molecule has 1 aromatic rings. The van der Waals surface area contributed by atoms with E-state index in [1.54, 1.807) is 6.07 Å². The van der Waals surface area contributed by atoms with Gasteiger partial charge >= 0.3 is 0 Å². The third-order valence-electron chi connectivity index (χ3n) is 2.79. The van der Waals surface area contributed by atoms with Gasteiger partial charge < -0.3 is 15.5 Å². The molecule has 2 rings (SSSR count). The van der Waals surface area contributed by atoms with Crippen LogP contribution in [0, 0.1) is 0 Å². The lowest BCUT2D eigenvalue weighted by molar-refractivity contribution is 0.0832. The van der Waals surface area contributed by atoms with Crippen LogP contribution in [0.2, 0.25) is 0 Å². The largest absolute Gasteiger partial charge is 0.381 e. The van der Waals surface area contributed by atoms with Crippen molar-refractivity contribution in [2.45, 2.75) is 30.3 Å². The molecule has 1 aliphatic rings. The molecule has 6 nitrogen and oxygen atoms in total. The van der Waals surface area contributed by atoms with Gasteiger partial charge in [0.25, 0.3) is 0 Å². The van der Waals surface area contributed by atoms with Crippen molar-refractivity contribution in [2.24, 2.45) is 5.73 Å². The number of aromatic nitrogens is 1. The van der Waals surface area contributed by atoms with Crippen LogP contribution in [0.25, 0.3) is 0 Å². The second-order valence-electron chi connectivity index (χ2n) is 4.07. The zero-order valence-corrected chi connectivity index (χ0v) is 10.3. The van der Waals surface area contributed by atoms with Crippen molar-refractivity contribution in [1.82, 2.24) is 9.71 Å². The summed E-state index contributed by atoms with van der Waals surface area (Å²) in [7, 11) is -3.44. The van der Waals surface area contributed by atoms with Crippen molar-refractivity contribution in [3.05, 3.63) is 18.0 Å². The summed E-state index contributed by atoms with van der Waals surface area (Å²) in [5.41, 5.74) is 6.13. The van der Waals surface area contributed by atoms with Gasteiger partial charge in [0.15, 0.2) is 0 Å². The molecule has 4 N–H and O–H groups in total. The molecule has 0 saturated carbocycles. The van der Waals surface area contributed by atoms with Crippen molar-refractivity contribution in [3.8, 4) is 0 Å². The van der Waals surface area contributed by atoms with Crippen molar-refractivity contribution >= 4 is 10.0 Å². The number of hydrogen-bond acceptors (Lipinski definition) is 4. The lowest BCUT2D eigenvalue weighted by atomic mass is 10.1. The Morgan fingerprint density at radius 1 is 1.47 bits per heavy atom. The zero-order valence-electron chi connectivity index (χ0n) is 9.48. The number of aromatic amines is 1. The van der Waals surface area contributed by atoms with Crippen molar-refractivity contribution in [2.75, 3.05) is 13.2 Å². The predicted molar refractivity (Wildman–Crippen MR) is 62.8 cm³/mol. The molecular weight excluding hydrogens is 242 g/mol. The van der Waals surface area contributed by atoms with Crippen LogP contribution in [0.15, 0.2) is 17.2 Å². The van der Waals surface area contributed by atoms with Crippen LogP contribution >= 0.6 is 0 Å². The molecule has 0 amide bonds. The van der Waals surface area contributed by atoms with E-state index in [1.807, 2.05) is 0 Å². The van der Waals surface area contributed by atoms with Gasteiger partial charge in [0.1, 0.15) is 0 Å². The van der Waals surface area contributed by atoms with Gasteiger partial charge in [-0.2, -0.15) is 0 Å². The van der Waals surface area contributed by atoms with Crippen LogP contribution in [-0.4, -0.2) is 32.7 Å². The smallest absolute Gasteiger partial charge is 0.242 e. The highest BCUT2D eigenvalue weighted by atomic mass is 32.2. The van der Waals surface area contributed by atoms with E-state index in [9.17, 15) is 8.42 Å². The van der Waals surface area contributed by atoms with E-state index in [-0.39, 0.29) is 10.9 Å². The summed E-state index contributed by atoms with van der Waals surface area (Å²) in [5.74, 6) is 0. The second kappa shape index (κ2) is 5.18. The van der Waals surface area contributed by atoms with Crippen molar-refractivity contribution in [3.63, 3.8) is 0 Å². The number of nitrogens with one attached hydrogen (secondary N) is 2. The molecule has 0 atom stereocenters. The highest BCUT2D eigenvalue weighted by Gasteiger charge is 2.22. The topological polar surface area (TPSA) is 97.2 Å². The van der Waals surface area contributed by atoms with E-state index in [0.29, 0.717) is 38.3 Å². The summed E-state index contributed by atoms with van der Waals surface area (Å²) in [6.45, 7) is 1.51. The molecule has 0 aliphatic carbocycles. The van der Waals surface area contributed by atoms with Gasteiger partial charge in [0.05, 0.1) is 4.90 Å². The van der Waals surface area contributed by atoms with Gasteiger partial charge in [-0.05, 0) is 18.9 Å². The van der Waals surface area contributed by atoms with Crippen molar-refractivity contribution < 1.29 is 13.2 Å². The Balaban J connectivity index is 2.07. The number of rotatable bonds is 4. The monoisotopic (exact) mass is 259 g/mol. The second-order valence-corrected chi connectivity index (χ2v) is 5.79. The van der Waals surface area contributed by atoms with E-state index in [2.05, 4.69) is 9.71 Å². The minimum absolute atomic E-state index is 0.0371. The van der Waals surface area contributed by atoms with Gasteiger partial charge in [-0.15, -0.1) is 0 Å². The van der Waals surface area contributed by atoms with Gasteiger partial charge in [0.2, 0.25) is 10.0 Å². The fraction of sp³-hybridized carbons (Fsp3) is 0.600. The molecule has 2 heterocycles. The maximum absolute atomic E-state index is 12.0. The maximum atomic E-state index is 12.0. The molecule has 0 unspecified atom stereocenters. The fourth-order valence-electron chi connectivity index (χ4n) is 1.79. The SMILES string of the molecule is NCc1cc(S(=O)(=O)NC2CCOCC2)c[nH]1. The van der Waals surface area contributed by atoms with Gasteiger partial charge in [-0.25, -0.2) is 13.1 Å². The van der Waals surface area contributed by atoms with Crippen LogP contribution in [0.1, 0.15) is 18.5 Å². The standard InChI is InChI=1S/C10H17N3O3S/c11-6-9-5-10(7-12-9)17(14,15)13-8-1-3-16-4-2-8/h5,7-8,12-13H,1-4,6,11H2. The normalized spacial score (nSPS) is 18.4. The predicted octanol–water partition coefficient (Wildman–Crippen LogP) is -0.0693. The van der Waals surface area contributed by atoms with E-state index < -0.39 is 10.0 Å². The Labute approximate surface area is 101 Å². The minimum Gasteiger partial charge on any atom is -0.381 e. The third-order valence-corrected chi connectivity index (χ3v) is 4.29. The summed E-state index contributed by atoms with van der Waals surface area (Å²) in [4.78, 5) is 3.07. The Kier molecular flexibility index (Phi) is 3.82. The molecule has 1 aromatic heterocycles. The number of hydrogen-bond donors (Lipinski definition) is 3. The van der Waals surface area contributed by atoms with Crippen LogP contribution in [0.4, 0.5) is 0 Å². The van der Waals surface area contributed by atoms with E-state index in [1.165, 1.54) is 6.20 Å². The Hall–Kier alpha value is -0.890. The van der Waals surface area contributed by atoms with Crippen LogP contribution < -0.4 is 10.5 Å². The van der Waals surface area contributed by atoms with Crippen LogP contribution in [-0.2, 0) is 21.3 Å². The molecule has 1 saturated heterocycles. The number of sulfonamides is 1. The molecule has 0 aromatic carbocycles. The first kappa shape index (κ1) is 12.6. The number of H-pyrrole nitrogens is 1. The molecule has 0 spiro atoms. The first-order valence-electron chi connectivity index (χ1n) is 5.59. The summed E-state index contributed by atoms with van der Waals surface area (Å²) < 4.78 is 31.9. The maximum Gasteiger partial charge on any atom is 0.242 e. The van der Waals surface area contributed by atoms with Crippen LogP contribution in [0.5, 0.6) is 0 Å². The molecule has 1 fully saturated rings. The summed E-state index contributed by atoms with van der Waals surface area (Å²) in [6, 6.07) is 1.52. The highest BCUT2D eigenvalue weighted by molar-refractivity contribution is 7.89. The Morgan fingerprint density at radius 2 is 2.18 bits per heavy atom. The number of ether oxygens (including phenoxy) is 1. The lowest BCUT2D eigenvalue weighted by Crippen LogP contribution is -2.38. The molecule has 0 radical (unpaired) electrons. The highest BCUT2D eigenvalue weighted by Crippen LogP contribution is 2.14. The molecular formula is C10H17N3O3S. The first-order chi connectivity index (χ1) is 8.12. The molecule has 1 aliphatic heterocycles. The summed E-state index contributed by atoms with van der Waals surface area (Å²) in [6.07, 6.45) is 2.89. The fourth-order valence-corrected chi connectivity index (χ4v) is 3.12. The zero-order chi connectivity index (χ0) is 12.3. The van der Waals surface area contributed by atoms with Crippen molar-refractivity contribution in [1.29, 1.82) is 0 Å². The van der Waals surface area contributed by atoms with Gasteiger partial charge in [-0.3, -0.25) is 0 Å². The van der Waals surface area contributed by atoms with E-state index in [0.717, 1.165) is 0 Å². The molecule has 7 heteroatoms. The summed E-state index contributed by atoms with van der Waals surface area (Å²) in [5, 5.41) is 0. The average molecular weight is 259 g/mol. The van der Waals surface area contributed by atoms with Gasteiger partial charge in [-0.1, -0.05) is 0 Å². The minimum atomic E-state index is -3.44. The quantitative estimate of drug-likeness (QED) is 0.705. The molecule has 17 heavy (non-hydrogen) atoms. The van der Waals surface area contributed by atoms with E-state index >= 15 is 0 Å². The number of nitrogens with two attached hydrogens (primary N) is 1. The Morgan fingerprint density at radius 3 is 2.76 bits per heavy atom. The Bertz CT molecular complexity index is 463. The third kappa shape index (κ3) is 3.06.